The smallest absolute Gasteiger partial charge is 0.310 e. The number of hydrogen-bond acceptors (Lipinski definition) is 1. The van der Waals surface area contributed by atoms with Gasteiger partial charge in [0.25, 0.3) is 0 Å². The van der Waals surface area contributed by atoms with Crippen molar-refractivity contribution in [2.45, 2.75) is 25.6 Å². The Hall–Kier alpha value is -1.03. The molecule has 15 heavy (non-hydrogen) atoms. The third-order valence-corrected chi connectivity index (χ3v) is 2.78. The van der Waals surface area contributed by atoms with Crippen molar-refractivity contribution in [1.82, 2.24) is 5.32 Å². The first kappa shape index (κ1) is 10.5. The number of alkyl halides is 3. The highest BCUT2D eigenvalue weighted by Crippen LogP contribution is 2.32. The highest BCUT2D eigenvalue weighted by Gasteiger charge is 2.31. The minimum atomic E-state index is -4.23. The molecule has 1 nitrogen and oxygen atoms in total. The van der Waals surface area contributed by atoms with Gasteiger partial charge in [-0.25, -0.2) is 0 Å². The SMILES string of the molecule is C[C@@H]1NCCc2cc(C(F)(F)F)ccc21. The molecule has 4 heteroatoms. The van der Waals surface area contributed by atoms with Crippen LogP contribution in [0.25, 0.3) is 0 Å². The summed E-state index contributed by atoms with van der Waals surface area (Å²) in [5.74, 6) is 0. The van der Waals surface area contributed by atoms with E-state index in [0.29, 0.717) is 6.42 Å². The predicted octanol–water partition coefficient (Wildman–Crippen LogP) is 2.91. The topological polar surface area (TPSA) is 12.0 Å². The highest BCUT2D eigenvalue weighted by molar-refractivity contribution is 5.37. The molecule has 1 aliphatic rings. The number of rotatable bonds is 0. The highest BCUT2D eigenvalue weighted by atomic mass is 19.4. The number of halogens is 3. The molecule has 0 amide bonds. The largest absolute Gasteiger partial charge is 0.416 e. The molecule has 2 rings (SSSR count). The second-order valence-corrected chi connectivity index (χ2v) is 3.84. The molecule has 0 spiro atoms. The molecule has 0 unspecified atom stereocenters. The van der Waals surface area contributed by atoms with Crippen LogP contribution in [0.3, 0.4) is 0 Å². The van der Waals surface area contributed by atoms with Crippen LogP contribution in [0.2, 0.25) is 0 Å². The van der Waals surface area contributed by atoms with Gasteiger partial charge in [0.2, 0.25) is 0 Å². The quantitative estimate of drug-likeness (QED) is 0.701. The third-order valence-electron chi connectivity index (χ3n) is 2.78. The van der Waals surface area contributed by atoms with Crippen molar-refractivity contribution in [2.75, 3.05) is 6.54 Å². The van der Waals surface area contributed by atoms with Gasteiger partial charge in [0.05, 0.1) is 5.56 Å². The molecule has 0 bridgehead atoms. The van der Waals surface area contributed by atoms with Crippen molar-refractivity contribution in [1.29, 1.82) is 0 Å². The second-order valence-electron chi connectivity index (χ2n) is 3.84. The Morgan fingerprint density at radius 2 is 2.07 bits per heavy atom. The fourth-order valence-corrected chi connectivity index (χ4v) is 1.95. The van der Waals surface area contributed by atoms with Crippen LogP contribution in [0.1, 0.15) is 29.7 Å². The number of hydrogen-bond donors (Lipinski definition) is 1. The summed E-state index contributed by atoms with van der Waals surface area (Å²) < 4.78 is 37.3. The van der Waals surface area contributed by atoms with Crippen LogP contribution in [0.4, 0.5) is 13.2 Å². The second kappa shape index (κ2) is 3.52. The van der Waals surface area contributed by atoms with E-state index in [1.165, 1.54) is 6.07 Å². The summed E-state index contributed by atoms with van der Waals surface area (Å²) in [6.45, 7) is 2.71. The van der Waals surface area contributed by atoms with Crippen molar-refractivity contribution >= 4 is 0 Å². The average Bonchev–Trinajstić information content (AvgIpc) is 2.16. The Bertz CT molecular complexity index is 371. The van der Waals surface area contributed by atoms with E-state index in [1.54, 1.807) is 6.07 Å². The van der Waals surface area contributed by atoms with E-state index in [-0.39, 0.29) is 6.04 Å². The van der Waals surface area contributed by atoms with Crippen molar-refractivity contribution in [2.24, 2.45) is 0 Å². The molecule has 0 saturated carbocycles. The van der Waals surface area contributed by atoms with Gasteiger partial charge in [0, 0.05) is 6.04 Å². The fourth-order valence-electron chi connectivity index (χ4n) is 1.95. The van der Waals surface area contributed by atoms with Crippen molar-refractivity contribution in [3.8, 4) is 0 Å². The lowest BCUT2D eigenvalue weighted by atomic mass is 9.93. The van der Waals surface area contributed by atoms with E-state index < -0.39 is 11.7 Å². The predicted molar refractivity (Wildman–Crippen MR) is 51.6 cm³/mol. The first-order valence-corrected chi connectivity index (χ1v) is 4.92. The van der Waals surface area contributed by atoms with Crippen LogP contribution in [0, 0.1) is 0 Å². The van der Waals surface area contributed by atoms with Crippen LogP contribution in [0.15, 0.2) is 18.2 Å². The zero-order valence-electron chi connectivity index (χ0n) is 8.36. The molecule has 1 atom stereocenters. The number of benzene rings is 1. The van der Waals surface area contributed by atoms with Gasteiger partial charge in [0.15, 0.2) is 0 Å². The summed E-state index contributed by atoms with van der Waals surface area (Å²) >= 11 is 0. The molecule has 0 aromatic heterocycles. The molecule has 0 radical (unpaired) electrons. The first-order valence-electron chi connectivity index (χ1n) is 4.92. The van der Waals surface area contributed by atoms with Gasteiger partial charge in [-0.05, 0) is 43.1 Å². The first-order chi connectivity index (χ1) is 6.98. The van der Waals surface area contributed by atoms with Gasteiger partial charge in [-0.2, -0.15) is 13.2 Å². The van der Waals surface area contributed by atoms with Crippen LogP contribution in [-0.2, 0) is 12.6 Å². The molecule has 82 valence electrons. The Kier molecular flexibility index (Phi) is 2.46. The van der Waals surface area contributed by atoms with E-state index in [0.717, 1.165) is 23.7 Å². The van der Waals surface area contributed by atoms with Crippen LogP contribution in [-0.4, -0.2) is 6.54 Å². The summed E-state index contributed by atoms with van der Waals surface area (Å²) in [6.07, 6.45) is -3.56. The fraction of sp³-hybridized carbons (Fsp3) is 0.455. The Labute approximate surface area is 86.3 Å². The van der Waals surface area contributed by atoms with Crippen LogP contribution < -0.4 is 5.32 Å². The maximum atomic E-state index is 12.4. The molecule has 0 saturated heterocycles. The molecule has 1 aromatic rings. The van der Waals surface area contributed by atoms with E-state index in [1.807, 2.05) is 6.92 Å². The minimum Gasteiger partial charge on any atom is -0.310 e. The molecule has 1 aliphatic heterocycles. The molecule has 0 aliphatic carbocycles. The standard InChI is InChI=1S/C11H12F3N/c1-7-10-3-2-9(11(12,13)14)6-8(10)4-5-15-7/h2-3,6-7,15H,4-5H2,1H3/t7-/m0/s1. The Morgan fingerprint density at radius 3 is 2.73 bits per heavy atom. The summed E-state index contributed by atoms with van der Waals surface area (Å²) in [7, 11) is 0. The Balaban J connectivity index is 2.42. The van der Waals surface area contributed by atoms with E-state index >= 15 is 0 Å². The molecule has 1 heterocycles. The van der Waals surface area contributed by atoms with E-state index in [9.17, 15) is 13.2 Å². The monoisotopic (exact) mass is 215 g/mol. The van der Waals surface area contributed by atoms with Crippen molar-refractivity contribution < 1.29 is 13.2 Å². The molecule has 1 N–H and O–H groups in total. The van der Waals surface area contributed by atoms with Gasteiger partial charge in [-0.15, -0.1) is 0 Å². The normalized spacial score (nSPS) is 21.2. The third kappa shape index (κ3) is 2.00. The van der Waals surface area contributed by atoms with Gasteiger partial charge in [-0.1, -0.05) is 6.07 Å². The Morgan fingerprint density at radius 1 is 1.33 bits per heavy atom. The van der Waals surface area contributed by atoms with Gasteiger partial charge in [0.1, 0.15) is 0 Å². The zero-order chi connectivity index (χ0) is 11.1. The molecular formula is C11H12F3N. The van der Waals surface area contributed by atoms with E-state index in [2.05, 4.69) is 5.32 Å². The minimum absolute atomic E-state index is 0.149. The van der Waals surface area contributed by atoms with E-state index in [4.69, 9.17) is 0 Å². The summed E-state index contributed by atoms with van der Waals surface area (Å²) in [6, 6.07) is 4.15. The molecule has 0 fully saturated rings. The summed E-state index contributed by atoms with van der Waals surface area (Å²) in [4.78, 5) is 0. The number of fused-ring (bicyclic) bond motifs is 1. The van der Waals surface area contributed by atoms with Crippen molar-refractivity contribution in [3.63, 3.8) is 0 Å². The molecular weight excluding hydrogens is 203 g/mol. The van der Waals surface area contributed by atoms with Crippen LogP contribution in [0.5, 0.6) is 0 Å². The van der Waals surface area contributed by atoms with Gasteiger partial charge < -0.3 is 5.32 Å². The summed E-state index contributed by atoms with van der Waals surface area (Å²) in [5, 5.41) is 3.22. The molecule has 1 aromatic carbocycles. The zero-order valence-corrected chi connectivity index (χ0v) is 8.36. The number of nitrogens with one attached hydrogen (secondary N) is 1. The van der Waals surface area contributed by atoms with Gasteiger partial charge in [-0.3, -0.25) is 0 Å². The van der Waals surface area contributed by atoms with Crippen molar-refractivity contribution in [3.05, 3.63) is 34.9 Å². The maximum absolute atomic E-state index is 12.4. The van der Waals surface area contributed by atoms with Gasteiger partial charge >= 0.3 is 6.18 Å². The average molecular weight is 215 g/mol. The lowest BCUT2D eigenvalue weighted by molar-refractivity contribution is -0.137. The lowest BCUT2D eigenvalue weighted by Crippen LogP contribution is -2.28. The lowest BCUT2D eigenvalue weighted by Gasteiger charge is -2.24. The van der Waals surface area contributed by atoms with Crippen LogP contribution >= 0.6 is 0 Å². The summed E-state index contributed by atoms with van der Waals surface area (Å²) in [5.41, 5.74) is 1.25. The maximum Gasteiger partial charge on any atom is 0.416 e.